The summed E-state index contributed by atoms with van der Waals surface area (Å²) in [6.45, 7) is 7.02. The lowest BCUT2D eigenvalue weighted by Gasteiger charge is -2.33. The van der Waals surface area contributed by atoms with Crippen LogP contribution in [0.2, 0.25) is 0 Å². The van der Waals surface area contributed by atoms with Gasteiger partial charge in [-0.25, -0.2) is 0 Å². The Balaban J connectivity index is 0.000000304. The van der Waals surface area contributed by atoms with E-state index in [1.54, 1.807) is 19.1 Å². The van der Waals surface area contributed by atoms with Crippen molar-refractivity contribution in [2.24, 2.45) is 0 Å². The molecular weight excluding hydrogens is 521 g/mol. The molecule has 9 nitrogen and oxygen atoms in total. The number of piperazine rings is 1. The Morgan fingerprint density at radius 2 is 1.79 bits per heavy atom. The van der Waals surface area contributed by atoms with E-state index < -0.39 is 11.9 Å². The summed E-state index contributed by atoms with van der Waals surface area (Å²) >= 11 is 4.34. The molecule has 1 aromatic carbocycles. The first-order valence-corrected chi connectivity index (χ1v) is 12.3. The number of amides is 1. The number of methoxy groups -OCH3 is 1. The number of carbonyl (C=O) groups excluding carboxylic acids is 1. The monoisotopic (exact) mass is 552 g/mol. The Morgan fingerprint density at radius 1 is 1.13 bits per heavy atom. The summed E-state index contributed by atoms with van der Waals surface area (Å²) in [5, 5.41) is 10.4. The quantitative estimate of drug-likeness (QED) is 0.447. The van der Waals surface area contributed by atoms with Crippen LogP contribution in [0.15, 0.2) is 39.8 Å². The van der Waals surface area contributed by atoms with E-state index in [-0.39, 0.29) is 11.8 Å². The number of carbonyl (C=O) groups is 1. The van der Waals surface area contributed by atoms with Crippen LogP contribution in [0.4, 0.5) is 13.2 Å². The minimum Gasteiger partial charge on any atom is -0.497 e. The van der Waals surface area contributed by atoms with Gasteiger partial charge in [-0.2, -0.15) is 13.2 Å². The van der Waals surface area contributed by atoms with Crippen molar-refractivity contribution in [3.05, 3.63) is 64.6 Å². The van der Waals surface area contributed by atoms with E-state index in [1.165, 1.54) is 12.3 Å². The normalized spacial score (nSPS) is 14.2. The van der Waals surface area contributed by atoms with Crippen LogP contribution >= 0.6 is 12.6 Å². The number of nitrogens with zero attached hydrogens (tertiary/aromatic N) is 5. The van der Waals surface area contributed by atoms with Gasteiger partial charge < -0.3 is 19.4 Å². The first kappa shape index (κ1) is 29.4. The van der Waals surface area contributed by atoms with Gasteiger partial charge in [0.1, 0.15) is 11.4 Å². The fraction of sp³-hybridized carbons (Fsp3) is 0.440. The summed E-state index contributed by atoms with van der Waals surface area (Å²) < 4.78 is 48.1. The summed E-state index contributed by atoms with van der Waals surface area (Å²) in [5.41, 5.74) is 2.10. The van der Waals surface area contributed by atoms with Crippen LogP contribution in [0, 0.1) is 13.8 Å². The molecule has 1 aliphatic heterocycles. The molecule has 0 unspecified atom stereocenters. The first-order chi connectivity index (χ1) is 18.0. The highest BCUT2D eigenvalue weighted by Gasteiger charge is 2.32. The number of rotatable bonds is 6. The highest BCUT2D eigenvalue weighted by Crippen LogP contribution is 2.27. The highest BCUT2D eigenvalue weighted by atomic mass is 32.1. The number of aryl methyl sites for hydroxylation is 2. The Morgan fingerprint density at radius 3 is 2.32 bits per heavy atom. The molecule has 13 heteroatoms. The highest BCUT2D eigenvalue weighted by molar-refractivity contribution is 7.80. The Hall–Kier alpha value is -3.16. The Kier molecular flexibility index (Phi) is 10.1. The third kappa shape index (κ3) is 7.92. The van der Waals surface area contributed by atoms with Crippen LogP contribution < -0.4 is 10.1 Å². The van der Waals surface area contributed by atoms with E-state index in [0.29, 0.717) is 50.7 Å². The number of hydrogen-bond acceptors (Lipinski definition) is 9. The minimum absolute atomic E-state index is 0.0411. The number of halogens is 3. The van der Waals surface area contributed by atoms with Gasteiger partial charge in [-0.1, -0.05) is 6.07 Å². The molecule has 1 aliphatic rings. The van der Waals surface area contributed by atoms with Crippen molar-refractivity contribution < 1.29 is 27.1 Å². The number of ether oxygens (including phenoxy) is 1. The number of thiol groups is 1. The minimum atomic E-state index is -4.44. The van der Waals surface area contributed by atoms with Crippen molar-refractivity contribution in [3.8, 4) is 5.75 Å². The van der Waals surface area contributed by atoms with Crippen LogP contribution in [0.5, 0.6) is 5.75 Å². The smallest absolute Gasteiger partial charge is 0.433 e. The molecule has 1 fully saturated rings. The van der Waals surface area contributed by atoms with Gasteiger partial charge in [-0.05, 0) is 55.8 Å². The van der Waals surface area contributed by atoms with Crippen LogP contribution in [0.3, 0.4) is 0 Å². The van der Waals surface area contributed by atoms with Gasteiger partial charge in [0.25, 0.3) is 0 Å². The van der Waals surface area contributed by atoms with Crippen LogP contribution in [0.1, 0.15) is 39.0 Å². The zero-order chi connectivity index (χ0) is 27.9. The maximum Gasteiger partial charge on any atom is 0.433 e. The predicted molar refractivity (Wildman–Crippen MR) is 137 cm³/mol. The molecule has 0 spiro atoms. The lowest BCUT2D eigenvalue weighted by Crippen LogP contribution is -2.48. The van der Waals surface area contributed by atoms with Gasteiger partial charge in [-0.3, -0.25) is 14.7 Å². The van der Waals surface area contributed by atoms with E-state index in [0.717, 1.165) is 27.8 Å². The van der Waals surface area contributed by atoms with E-state index in [2.05, 4.69) is 33.1 Å². The van der Waals surface area contributed by atoms with Crippen molar-refractivity contribution in [1.29, 1.82) is 0 Å². The van der Waals surface area contributed by atoms with E-state index in [4.69, 9.17) is 9.15 Å². The predicted octanol–water partition coefficient (Wildman–Crippen LogP) is 3.76. The molecule has 3 heterocycles. The largest absolute Gasteiger partial charge is 0.497 e. The number of alkyl halides is 3. The van der Waals surface area contributed by atoms with Crippen molar-refractivity contribution in [2.45, 2.75) is 38.0 Å². The number of aromatic nitrogens is 3. The SMILES string of the molecule is CNCc1nnc(C(=O)N2CCN(Cc3ccc(C(F)(F)F)nc3)CC2)o1.COc1cc(C)c(S)c(C)c1. The standard InChI is InChI=1S/C16H19F3N6O2.C9H12OS/c1-20-9-13-22-23-14(27-13)15(26)25-6-4-24(5-7-25)10-11-2-3-12(21-8-11)16(17,18)19;1-6-4-8(10-3)5-7(2)9(6)11/h2-3,8,20H,4-7,9-10H2,1H3;4-5,11H,1-3H3. The molecule has 1 N–H and O–H groups in total. The van der Waals surface area contributed by atoms with Crippen molar-refractivity contribution in [2.75, 3.05) is 40.3 Å². The fourth-order valence-electron chi connectivity index (χ4n) is 3.78. The van der Waals surface area contributed by atoms with Gasteiger partial charge in [0.2, 0.25) is 5.89 Å². The second-order valence-electron chi connectivity index (χ2n) is 8.76. The molecular formula is C25H31F3N6O3S. The maximum atomic E-state index is 12.6. The number of benzene rings is 1. The molecule has 0 bridgehead atoms. The summed E-state index contributed by atoms with van der Waals surface area (Å²) in [4.78, 5) is 20.6. The Labute approximate surface area is 224 Å². The summed E-state index contributed by atoms with van der Waals surface area (Å²) in [7, 11) is 3.41. The number of pyridine rings is 1. The van der Waals surface area contributed by atoms with Gasteiger partial charge in [0.15, 0.2) is 0 Å². The van der Waals surface area contributed by atoms with Crippen LogP contribution in [0.25, 0.3) is 0 Å². The lowest BCUT2D eigenvalue weighted by molar-refractivity contribution is -0.141. The maximum absolute atomic E-state index is 12.6. The third-order valence-electron chi connectivity index (χ3n) is 5.86. The first-order valence-electron chi connectivity index (χ1n) is 11.9. The lowest BCUT2D eigenvalue weighted by atomic mass is 10.1. The molecule has 4 rings (SSSR count). The molecule has 0 aliphatic carbocycles. The van der Waals surface area contributed by atoms with E-state index in [9.17, 15) is 18.0 Å². The van der Waals surface area contributed by atoms with Crippen molar-refractivity contribution >= 4 is 18.5 Å². The zero-order valence-corrected chi connectivity index (χ0v) is 22.6. The molecule has 1 saturated heterocycles. The van der Waals surface area contributed by atoms with Gasteiger partial charge in [-0.15, -0.1) is 22.8 Å². The van der Waals surface area contributed by atoms with Crippen LogP contribution in [-0.2, 0) is 19.3 Å². The fourth-order valence-corrected chi connectivity index (χ4v) is 3.91. The number of nitrogens with one attached hydrogen (secondary N) is 1. The number of hydrogen-bond donors (Lipinski definition) is 2. The molecule has 0 saturated carbocycles. The molecule has 0 atom stereocenters. The van der Waals surface area contributed by atoms with Gasteiger partial charge >= 0.3 is 18.0 Å². The van der Waals surface area contributed by atoms with Crippen LogP contribution in [-0.4, -0.2) is 71.2 Å². The van der Waals surface area contributed by atoms with Crippen molar-refractivity contribution in [1.82, 2.24) is 30.3 Å². The van der Waals surface area contributed by atoms with Gasteiger partial charge in [0.05, 0.1) is 13.7 Å². The molecule has 206 valence electrons. The molecule has 3 aromatic rings. The summed E-state index contributed by atoms with van der Waals surface area (Å²) in [6, 6.07) is 6.37. The molecule has 1 amide bonds. The zero-order valence-electron chi connectivity index (χ0n) is 21.7. The summed E-state index contributed by atoms with van der Waals surface area (Å²) in [6.07, 6.45) is -3.20. The summed E-state index contributed by atoms with van der Waals surface area (Å²) in [5.74, 6) is 0.883. The molecule has 38 heavy (non-hydrogen) atoms. The van der Waals surface area contributed by atoms with Gasteiger partial charge in [0, 0.05) is 43.8 Å². The second kappa shape index (κ2) is 13.1. The second-order valence-corrected chi connectivity index (χ2v) is 9.21. The van der Waals surface area contributed by atoms with E-state index >= 15 is 0 Å². The van der Waals surface area contributed by atoms with E-state index in [1.807, 2.05) is 30.9 Å². The Bertz CT molecular complexity index is 1190. The topological polar surface area (TPSA) is 96.6 Å². The third-order valence-corrected chi connectivity index (χ3v) is 6.56. The molecule has 2 aromatic heterocycles. The van der Waals surface area contributed by atoms with Crippen molar-refractivity contribution in [3.63, 3.8) is 0 Å². The average molecular weight is 553 g/mol. The molecule has 0 radical (unpaired) electrons. The average Bonchev–Trinajstić information content (AvgIpc) is 3.36.